The molecule has 2 N–H and O–H groups in total. The van der Waals surface area contributed by atoms with E-state index in [0.29, 0.717) is 0 Å². The fourth-order valence-electron chi connectivity index (χ4n) is 3.27. The van der Waals surface area contributed by atoms with E-state index in [9.17, 15) is 0 Å². The Morgan fingerprint density at radius 1 is 1.00 bits per heavy atom. The zero-order valence-corrected chi connectivity index (χ0v) is 13.2. The number of aryl methyl sites for hydroxylation is 1. The second-order valence-electron chi connectivity index (χ2n) is 5.37. The highest BCUT2D eigenvalue weighted by molar-refractivity contribution is 5.27. The van der Waals surface area contributed by atoms with Crippen molar-refractivity contribution in [1.29, 1.82) is 0 Å². The third kappa shape index (κ3) is 3.18. The van der Waals surface area contributed by atoms with Crippen molar-refractivity contribution < 1.29 is 0 Å². The fourth-order valence-corrected chi connectivity index (χ4v) is 3.27. The molecule has 1 aromatic rings. The number of likely N-dealkylation sites (N-methyl/N-ethyl adjacent to an activating group) is 1. The van der Waals surface area contributed by atoms with E-state index in [0.717, 1.165) is 25.9 Å². The van der Waals surface area contributed by atoms with Crippen LogP contribution in [0.3, 0.4) is 0 Å². The molecule has 19 heavy (non-hydrogen) atoms. The fraction of sp³-hybridized carbons (Fsp3) is 0.647. The van der Waals surface area contributed by atoms with Crippen molar-refractivity contribution >= 4 is 0 Å². The second kappa shape index (κ2) is 7.06. The average Bonchev–Trinajstić information content (AvgIpc) is 2.45. The Kier molecular flexibility index (Phi) is 6.02. The van der Waals surface area contributed by atoms with Gasteiger partial charge in [0.05, 0.1) is 0 Å². The lowest BCUT2D eigenvalue weighted by atomic mass is 9.79. The lowest BCUT2D eigenvalue weighted by Crippen LogP contribution is -2.54. The minimum Gasteiger partial charge on any atom is -0.322 e. The van der Waals surface area contributed by atoms with Crippen LogP contribution in [0.1, 0.15) is 57.7 Å². The Morgan fingerprint density at radius 2 is 1.47 bits per heavy atom. The first-order chi connectivity index (χ1) is 9.05. The third-order valence-corrected chi connectivity index (χ3v) is 4.63. The van der Waals surface area contributed by atoms with Crippen LogP contribution in [0.15, 0.2) is 24.3 Å². The largest absolute Gasteiger partial charge is 0.322 e. The molecule has 2 heteroatoms. The van der Waals surface area contributed by atoms with E-state index < -0.39 is 0 Å². The quantitative estimate of drug-likeness (QED) is 0.807. The zero-order valence-electron chi connectivity index (χ0n) is 13.2. The summed E-state index contributed by atoms with van der Waals surface area (Å²) in [7, 11) is 0. The zero-order chi connectivity index (χ0) is 14.5. The molecule has 1 rings (SSSR count). The number of rotatable bonds is 7. The maximum absolute atomic E-state index is 6.66. The molecular formula is C17H30N2. The molecule has 0 radical (unpaired) electrons. The maximum Gasteiger partial charge on any atom is 0.0481 e. The monoisotopic (exact) mass is 262 g/mol. The van der Waals surface area contributed by atoms with E-state index in [-0.39, 0.29) is 11.6 Å². The summed E-state index contributed by atoms with van der Waals surface area (Å²) in [6.45, 7) is 13.2. The van der Waals surface area contributed by atoms with Gasteiger partial charge in [-0.15, -0.1) is 0 Å². The highest BCUT2D eigenvalue weighted by atomic mass is 15.2. The van der Waals surface area contributed by atoms with Gasteiger partial charge in [0, 0.05) is 11.6 Å². The molecule has 0 saturated heterocycles. The molecular weight excluding hydrogens is 232 g/mol. The molecule has 0 spiro atoms. The third-order valence-electron chi connectivity index (χ3n) is 4.63. The van der Waals surface area contributed by atoms with E-state index in [1.807, 2.05) is 0 Å². The van der Waals surface area contributed by atoms with Crippen LogP contribution in [0.2, 0.25) is 0 Å². The molecule has 1 atom stereocenters. The SMILES string of the molecule is CCN(CC)C(CC)(CC)C(N)c1ccc(C)cc1. The number of hydrogen-bond donors (Lipinski definition) is 1. The molecule has 0 aromatic heterocycles. The first-order valence-electron chi connectivity index (χ1n) is 7.62. The van der Waals surface area contributed by atoms with Crippen LogP contribution in [-0.4, -0.2) is 23.5 Å². The summed E-state index contributed by atoms with van der Waals surface area (Å²) in [5, 5.41) is 0. The molecule has 0 aliphatic heterocycles. The first-order valence-corrected chi connectivity index (χ1v) is 7.62. The van der Waals surface area contributed by atoms with Gasteiger partial charge in [-0.3, -0.25) is 4.90 Å². The molecule has 0 bridgehead atoms. The van der Waals surface area contributed by atoms with Gasteiger partial charge in [0.15, 0.2) is 0 Å². The van der Waals surface area contributed by atoms with Crippen LogP contribution in [0.5, 0.6) is 0 Å². The Balaban J connectivity index is 3.13. The van der Waals surface area contributed by atoms with Crippen molar-refractivity contribution in [3.05, 3.63) is 35.4 Å². The predicted octanol–water partition coefficient (Wildman–Crippen LogP) is 3.90. The summed E-state index contributed by atoms with van der Waals surface area (Å²) in [5.41, 5.74) is 9.26. The minimum atomic E-state index is 0.0682. The molecule has 108 valence electrons. The normalized spacial score (nSPS) is 13.8. The maximum atomic E-state index is 6.66. The van der Waals surface area contributed by atoms with Gasteiger partial charge in [0.2, 0.25) is 0 Å². The van der Waals surface area contributed by atoms with Gasteiger partial charge in [-0.25, -0.2) is 0 Å². The van der Waals surface area contributed by atoms with Crippen LogP contribution < -0.4 is 5.73 Å². The van der Waals surface area contributed by atoms with Crippen LogP contribution >= 0.6 is 0 Å². The summed E-state index contributed by atoms with van der Waals surface area (Å²) in [4.78, 5) is 2.53. The topological polar surface area (TPSA) is 29.3 Å². The second-order valence-corrected chi connectivity index (χ2v) is 5.37. The summed E-state index contributed by atoms with van der Waals surface area (Å²) in [5.74, 6) is 0. The molecule has 0 amide bonds. The van der Waals surface area contributed by atoms with E-state index in [1.54, 1.807) is 0 Å². The van der Waals surface area contributed by atoms with E-state index >= 15 is 0 Å². The van der Waals surface area contributed by atoms with Crippen molar-refractivity contribution in [3.8, 4) is 0 Å². The molecule has 0 heterocycles. The van der Waals surface area contributed by atoms with Crippen LogP contribution in [0.4, 0.5) is 0 Å². The van der Waals surface area contributed by atoms with E-state index in [1.165, 1.54) is 11.1 Å². The van der Waals surface area contributed by atoms with Gasteiger partial charge in [0.1, 0.15) is 0 Å². The number of benzene rings is 1. The van der Waals surface area contributed by atoms with Crippen LogP contribution in [0, 0.1) is 6.92 Å². The molecule has 1 aromatic carbocycles. The van der Waals surface area contributed by atoms with Crippen molar-refractivity contribution in [1.82, 2.24) is 4.90 Å². The molecule has 2 nitrogen and oxygen atoms in total. The summed E-state index contributed by atoms with van der Waals surface area (Å²) in [6, 6.07) is 8.76. The van der Waals surface area contributed by atoms with E-state index in [2.05, 4.69) is 63.8 Å². The lowest BCUT2D eigenvalue weighted by molar-refractivity contribution is 0.0625. The van der Waals surface area contributed by atoms with Crippen LogP contribution in [0.25, 0.3) is 0 Å². The molecule has 0 aliphatic rings. The van der Waals surface area contributed by atoms with Crippen molar-refractivity contribution in [2.24, 2.45) is 5.73 Å². The molecule has 0 saturated carbocycles. The van der Waals surface area contributed by atoms with E-state index in [4.69, 9.17) is 5.73 Å². The summed E-state index contributed by atoms with van der Waals surface area (Å²) < 4.78 is 0. The number of nitrogens with zero attached hydrogens (tertiary/aromatic N) is 1. The predicted molar refractivity (Wildman–Crippen MR) is 84.3 cm³/mol. The average molecular weight is 262 g/mol. The van der Waals surface area contributed by atoms with Gasteiger partial charge in [-0.2, -0.15) is 0 Å². The van der Waals surface area contributed by atoms with Gasteiger partial charge in [0.25, 0.3) is 0 Å². The highest BCUT2D eigenvalue weighted by Gasteiger charge is 2.38. The van der Waals surface area contributed by atoms with Crippen LogP contribution in [-0.2, 0) is 0 Å². The molecule has 0 fully saturated rings. The van der Waals surface area contributed by atoms with Gasteiger partial charge >= 0.3 is 0 Å². The standard InChI is InChI=1S/C17H30N2/c1-6-17(7-2,19(8-3)9-4)16(18)15-12-10-14(5)11-13-15/h10-13,16H,6-9,18H2,1-5H3. The number of nitrogens with two attached hydrogens (primary N) is 1. The Morgan fingerprint density at radius 3 is 1.84 bits per heavy atom. The van der Waals surface area contributed by atoms with Crippen molar-refractivity contribution in [2.75, 3.05) is 13.1 Å². The smallest absolute Gasteiger partial charge is 0.0481 e. The number of hydrogen-bond acceptors (Lipinski definition) is 2. The van der Waals surface area contributed by atoms with Crippen molar-refractivity contribution in [2.45, 2.75) is 59.0 Å². The lowest BCUT2D eigenvalue weighted by Gasteiger charge is -2.46. The van der Waals surface area contributed by atoms with Gasteiger partial charge in [-0.1, -0.05) is 57.5 Å². The van der Waals surface area contributed by atoms with Gasteiger partial charge in [-0.05, 0) is 38.4 Å². The molecule has 0 aliphatic carbocycles. The first kappa shape index (κ1) is 16.2. The summed E-state index contributed by atoms with van der Waals surface area (Å²) in [6.07, 6.45) is 2.17. The Labute approximate surface area is 119 Å². The minimum absolute atomic E-state index is 0.0682. The molecule has 1 unspecified atom stereocenters. The Hall–Kier alpha value is -0.860. The highest BCUT2D eigenvalue weighted by Crippen LogP contribution is 2.35. The summed E-state index contributed by atoms with van der Waals surface area (Å²) >= 11 is 0. The van der Waals surface area contributed by atoms with Gasteiger partial charge < -0.3 is 5.73 Å². The Bertz CT molecular complexity index is 361. The van der Waals surface area contributed by atoms with Crippen molar-refractivity contribution in [3.63, 3.8) is 0 Å².